The van der Waals surface area contributed by atoms with E-state index in [4.69, 9.17) is 14.2 Å². The average molecular weight is 630 g/mol. The molecule has 0 saturated carbocycles. The standard InChI is InChI=1S/C34H39N5O7/c1-21(40)36-10-12-37(13-11-36)34(43)23-8-9-28(38-18-22-14-25(20-38)27-6-5-7-31(41)39(27)19-22)26(15-23)35-33(42)24-16-29(44-2)32(46-4)30(17-24)45-3/h5-9,15-17,22,25H,10-14,18-20H2,1-4H3,(H,35,42). The second-order valence-corrected chi connectivity index (χ2v) is 12.0. The van der Waals surface area contributed by atoms with Crippen molar-refractivity contribution >= 4 is 29.1 Å². The van der Waals surface area contributed by atoms with Gasteiger partial charge in [-0.2, -0.15) is 0 Å². The van der Waals surface area contributed by atoms with Gasteiger partial charge in [0.15, 0.2) is 11.5 Å². The van der Waals surface area contributed by atoms with Crippen LogP contribution in [-0.2, 0) is 11.3 Å². The molecule has 242 valence electrons. The predicted octanol–water partition coefficient (Wildman–Crippen LogP) is 3.05. The third kappa shape index (κ3) is 5.86. The normalized spacial score (nSPS) is 18.8. The molecule has 2 atom stereocenters. The van der Waals surface area contributed by atoms with Gasteiger partial charge in [-0.3, -0.25) is 19.2 Å². The average Bonchev–Trinajstić information content (AvgIpc) is 3.07. The summed E-state index contributed by atoms with van der Waals surface area (Å²) in [6.45, 7) is 5.35. The van der Waals surface area contributed by atoms with Crippen molar-refractivity contribution in [3.05, 3.63) is 75.7 Å². The number of methoxy groups -OCH3 is 3. The number of carbonyl (C=O) groups excluding carboxylic acids is 3. The van der Waals surface area contributed by atoms with Crippen molar-refractivity contribution in [2.24, 2.45) is 5.92 Å². The number of fused-ring (bicyclic) bond motifs is 4. The second kappa shape index (κ2) is 12.8. The first-order chi connectivity index (χ1) is 22.2. The lowest BCUT2D eigenvalue weighted by molar-refractivity contribution is -0.130. The summed E-state index contributed by atoms with van der Waals surface area (Å²) in [5.41, 5.74) is 3.06. The van der Waals surface area contributed by atoms with E-state index in [9.17, 15) is 19.2 Å². The molecule has 2 bridgehead atoms. The lowest BCUT2D eigenvalue weighted by Gasteiger charge is -2.44. The van der Waals surface area contributed by atoms with Crippen LogP contribution < -0.4 is 30.0 Å². The van der Waals surface area contributed by atoms with Crippen LogP contribution in [0.25, 0.3) is 0 Å². The highest BCUT2D eigenvalue weighted by Crippen LogP contribution is 2.41. The number of aromatic nitrogens is 1. The summed E-state index contributed by atoms with van der Waals surface area (Å²) in [5.74, 6) is 0.891. The molecular weight excluding hydrogens is 590 g/mol. The van der Waals surface area contributed by atoms with Crippen molar-refractivity contribution in [3.8, 4) is 17.2 Å². The van der Waals surface area contributed by atoms with E-state index in [0.29, 0.717) is 79.9 Å². The van der Waals surface area contributed by atoms with Crippen LogP contribution in [0, 0.1) is 5.92 Å². The molecule has 2 fully saturated rings. The van der Waals surface area contributed by atoms with Gasteiger partial charge in [0.1, 0.15) is 0 Å². The fourth-order valence-electron chi connectivity index (χ4n) is 6.95. The maximum atomic E-state index is 13.8. The van der Waals surface area contributed by atoms with Crippen molar-refractivity contribution in [1.29, 1.82) is 0 Å². The molecule has 6 rings (SSSR count). The summed E-state index contributed by atoms with van der Waals surface area (Å²) in [4.78, 5) is 57.6. The number of ether oxygens (including phenoxy) is 3. The molecule has 0 spiro atoms. The molecule has 2 unspecified atom stereocenters. The lowest BCUT2D eigenvalue weighted by Crippen LogP contribution is -2.50. The van der Waals surface area contributed by atoms with Gasteiger partial charge in [-0.1, -0.05) is 6.07 Å². The zero-order valence-electron chi connectivity index (χ0n) is 26.6. The van der Waals surface area contributed by atoms with E-state index >= 15 is 0 Å². The number of rotatable bonds is 7. The van der Waals surface area contributed by atoms with E-state index in [1.165, 1.54) is 28.3 Å². The summed E-state index contributed by atoms with van der Waals surface area (Å²) in [5, 5.41) is 3.07. The summed E-state index contributed by atoms with van der Waals surface area (Å²) in [6, 6.07) is 14.0. The molecule has 4 heterocycles. The van der Waals surface area contributed by atoms with Crippen molar-refractivity contribution in [2.75, 3.05) is 70.8 Å². The molecule has 0 aliphatic carbocycles. The molecule has 12 heteroatoms. The van der Waals surface area contributed by atoms with E-state index in [0.717, 1.165) is 17.8 Å². The van der Waals surface area contributed by atoms with Gasteiger partial charge in [0, 0.05) is 81.5 Å². The monoisotopic (exact) mass is 629 g/mol. The number of nitrogens with zero attached hydrogens (tertiary/aromatic N) is 4. The van der Waals surface area contributed by atoms with E-state index in [2.05, 4.69) is 10.2 Å². The van der Waals surface area contributed by atoms with Gasteiger partial charge < -0.3 is 38.8 Å². The Morgan fingerprint density at radius 3 is 2.15 bits per heavy atom. The number of benzene rings is 2. The van der Waals surface area contributed by atoms with Gasteiger partial charge in [0.25, 0.3) is 17.4 Å². The highest BCUT2D eigenvalue weighted by Gasteiger charge is 2.36. The van der Waals surface area contributed by atoms with E-state index < -0.39 is 5.91 Å². The molecule has 1 N–H and O–H groups in total. The topological polar surface area (TPSA) is 123 Å². The molecule has 3 aromatic rings. The Balaban J connectivity index is 1.33. The first kappa shape index (κ1) is 31.0. The molecule has 3 amide bonds. The lowest BCUT2D eigenvalue weighted by atomic mass is 9.83. The Morgan fingerprint density at radius 2 is 1.50 bits per heavy atom. The minimum atomic E-state index is -0.408. The number of nitrogens with one attached hydrogen (secondary N) is 1. The van der Waals surface area contributed by atoms with E-state index in [1.807, 2.05) is 22.8 Å². The number of anilines is 2. The quantitative estimate of drug-likeness (QED) is 0.423. The van der Waals surface area contributed by atoms with Crippen LogP contribution >= 0.6 is 0 Å². The Bertz CT molecular complexity index is 1700. The van der Waals surface area contributed by atoms with Crippen molar-refractivity contribution < 1.29 is 28.6 Å². The zero-order valence-corrected chi connectivity index (χ0v) is 26.6. The molecule has 3 aliphatic heterocycles. The molecule has 46 heavy (non-hydrogen) atoms. The summed E-state index contributed by atoms with van der Waals surface area (Å²) < 4.78 is 18.2. The Kier molecular flexibility index (Phi) is 8.61. The molecular formula is C34H39N5O7. The van der Waals surface area contributed by atoms with Crippen LogP contribution in [0.3, 0.4) is 0 Å². The summed E-state index contributed by atoms with van der Waals surface area (Å²) in [6.07, 6.45) is 0.982. The van der Waals surface area contributed by atoms with Gasteiger partial charge >= 0.3 is 0 Å². The fraction of sp³-hybridized carbons (Fsp3) is 0.412. The smallest absolute Gasteiger partial charge is 0.255 e. The maximum Gasteiger partial charge on any atom is 0.255 e. The van der Waals surface area contributed by atoms with Gasteiger partial charge in [-0.05, 0) is 48.7 Å². The molecule has 2 saturated heterocycles. The maximum absolute atomic E-state index is 13.8. The molecule has 2 aromatic carbocycles. The summed E-state index contributed by atoms with van der Waals surface area (Å²) in [7, 11) is 4.47. The van der Waals surface area contributed by atoms with Gasteiger partial charge in [-0.25, -0.2) is 0 Å². The van der Waals surface area contributed by atoms with Crippen LogP contribution in [-0.4, -0.2) is 92.7 Å². The Hall–Kier alpha value is -5.00. The van der Waals surface area contributed by atoms with Crippen LogP contribution in [0.1, 0.15) is 45.7 Å². The number of hydrogen-bond donors (Lipinski definition) is 1. The number of pyridine rings is 1. The van der Waals surface area contributed by atoms with Crippen LogP contribution in [0.4, 0.5) is 11.4 Å². The van der Waals surface area contributed by atoms with Gasteiger partial charge in [0.2, 0.25) is 11.7 Å². The van der Waals surface area contributed by atoms with Crippen molar-refractivity contribution in [2.45, 2.75) is 25.8 Å². The first-order valence-electron chi connectivity index (χ1n) is 15.5. The van der Waals surface area contributed by atoms with Crippen LogP contribution in [0.15, 0.2) is 53.3 Å². The number of amides is 3. The Morgan fingerprint density at radius 1 is 0.804 bits per heavy atom. The fourth-order valence-corrected chi connectivity index (χ4v) is 6.95. The number of carbonyl (C=O) groups is 3. The van der Waals surface area contributed by atoms with E-state index in [-0.39, 0.29) is 29.2 Å². The minimum absolute atomic E-state index is 0.00737. The molecule has 3 aliphatic rings. The van der Waals surface area contributed by atoms with Crippen molar-refractivity contribution in [3.63, 3.8) is 0 Å². The summed E-state index contributed by atoms with van der Waals surface area (Å²) >= 11 is 0. The number of piperidine rings is 1. The van der Waals surface area contributed by atoms with Gasteiger partial charge in [-0.15, -0.1) is 0 Å². The Labute approximate surface area is 267 Å². The molecule has 1 aromatic heterocycles. The number of hydrogen-bond acceptors (Lipinski definition) is 8. The number of piperazine rings is 1. The van der Waals surface area contributed by atoms with Crippen molar-refractivity contribution in [1.82, 2.24) is 14.4 Å². The van der Waals surface area contributed by atoms with Gasteiger partial charge in [0.05, 0.1) is 32.7 Å². The van der Waals surface area contributed by atoms with E-state index in [1.54, 1.807) is 40.1 Å². The SMILES string of the molecule is COc1cc(C(=O)Nc2cc(C(=O)N3CCN(C(C)=O)CC3)ccc2N2CC3CC(C2)c2cccc(=O)n2C3)cc(OC)c1OC. The zero-order chi connectivity index (χ0) is 32.5. The minimum Gasteiger partial charge on any atom is -0.493 e. The largest absolute Gasteiger partial charge is 0.493 e. The van der Waals surface area contributed by atoms with Crippen LogP contribution in [0.5, 0.6) is 17.2 Å². The third-order valence-corrected chi connectivity index (χ3v) is 9.25. The molecule has 0 radical (unpaired) electrons. The highest BCUT2D eigenvalue weighted by molar-refractivity contribution is 6.08. The second-order valence-electron chi connectivity index (χ2n) is 12.0. The molecule has 12 nitrogen and oxygen atoms in total. The highest BCUT2D eigenvalue weighted by atomic mass is 16.5. The predicted molar refractivity (Wildman–Crippen MR) is 172 cm³/mol. The first-order valence-corrected chi connectivity index (χ1v) is 15.5. The third-order valence-electron chi connectivity index (χ3n) is 9.25. The van der Waals surface area contributed by atoms with Crippen LogP contribution in [0.2, 0.25) is 0 Å².